The molecule has 1 aromatic heterocycles. The normalized spacial score (nSPS) is 17.5. The largest absolute Gasteiger partial charge is 0.352 e. The standard InChI is InChI=1S/C27H31Cl2N5O2/c28-22-6-7-23(24(29)15-22)26-31-25(36-32-26)18-34-12-8-21(9-13-34)27(35)30-16-19-4-3-5-20(14-19)17-33-10-1-2-11-33/h3-7,14-15,21H,1-2,8-13,16-18H2,(H,30,35). The highest BCUT2D eigenvalue weighted by Gasteiger charge is 2.26. The highest BCUT2D eigenvalue weighted by Crippen LogP contribution is 2.29. The van der Waals surface area contributed by atoms with Crippen LogP contribution in [0.25, 0.3) is 11.4 Å². The van der Waals surface area contributed by atoms with Crippen LogP contribution in [0.15, 0.2) is 47.0 Å². The Labute approximate surface area is 221 Å². The molecular formula is C27H31Cl2N5O2. The predicted octanol–water partition coefficient (Wildman–Crippen LogP) is 5.17. The molecule has 5 rings (SSSR count). The van der Waals surface area contributed by atoms with E-state index in [1.165, 1.54) is 31.5 Å². The molecule has 2 fully saturated rings. The van der Waals surface area contributed by atoms with Crippen LogP contribution in [0.1, 0.15) is 42.7 Å². The van der Waals surface area contributed by atoms with Crippen LogP contribution in [-0.4, -0.2) is 52.0 Å². The minimum absolute atomic E-state index is 0.0279. The maximum atomic E-state index is 12.8. The lowest BCUT2D eigenvalue weighted by Gasteiger charge is -2.30. The van der Waals surface area contributed by atoms with Crippen molar-refractivity contribution in [2.75, 3.05) is 26.2 Å². The van der Waals surface area contributed by atoms with Crippen LogP contribution in [0.4, 0.5) is 0 Å². The smallest absolute Gasteiger partial charge is 0.241 e. The molecule has 0 aliphatic carbocycles. The van der Waals surface area contributed by atoms with Gasteiger partial charge in [-0.25, -0.2) is 0 Å². The zero-order valence-corrected chi connectivity index (χ0v) is 21.8. The maximum Gasteiger partial charge on any atom is 0.241 e. The van der Waals surface area contributed by atoms with Gasteiger partial charge in [-0.3, -0.25) is 14.6 Å². The summed E-state index contributed by atoms with van der Waals surface area (Å²) in [4.78, 5) is 22.0. The van der Waals surface area contributed by atoms with E-state index in [1.54, 1.807) is 18.2 Å². The molecule has 3 aromatic rings. The Morgan fingerprint density at radius 1 is 0.972 bits per heavy atom. The molecule has 0 saturated carbocycles. The lowest BCUT2D eigenvalue weighted by Crippen LogP contribution is -2.40. The number of piperidine rings is 1. The Morgan fingerprint density at radius 2 is 1.72 bits per heavy atom. The molecule has 0 atom stereocenters. The lowest BCUT2D eigenvalue weighted by atomic mass is 9.96. The summed E-state index contributed by atoms with van der Waals surface area (Å²) in [6, 6.07) is 13.8. The number of rotatable bonds is 8. The molecule has 2 aliphatic heterocycles. The maximum absolute atomic E-state index is 12.8. The average molecular weight is 528 g/mol. The monoisotopic (exact) mass is 527 g/mol. The van der Waals surface area contributed by atoms with E-state index in [9.17, 15) is 4.79 Å². The Balaban J connectivity index is 1.07. The van der Waals surface area contributed by atoms with E-state index in [4.69, 9.17) is 27.7 Å². The van der Waals surface area contributed by atoms with Crippen molar-refractivity contribution in [2.45, 2.75) is 45.3 Å². The molecule has 0 bridgehead atoms. The van der Waals surface area contributed by atoms with E-state index in [2.05, 4.69) is 49.5 Å². The Hall–Kier alpha value is -2.45. The molecule has 2 saturated heterocycles. The van der Waals surface area contributed by atoms with Gasteiger partial charge < -0.3 is 9.84 Å². The molecule has 190 valence electrons. The highest BCUT2D eigenvalue weighted by atomic mass is 35.5. The van der Waals surface area contributed by atoms with E-state index in [1.807, 2.05) is 0 Å². The first-order valence-corrected chi connectivity index (χ1v) is 13.4. The van der Waals surface area contributed by atoms with Gasteiger partial charge in [-0.2, -0.15) is 4.98 Å². The summed E-state index contributed by atoms with van der Waals surface area (Å²) in [6.07, 6.45) is 4.21. The van der Waals surface area contributed by atoms with Crippen LogP contribution >= 0.6 is 23.2 Å². The van der Waals surface area contributed by atoms with Crippen molar-refractivity contribution in [1.29, 1.82) is 0 Å². The summed E-state index contributed by atoms with van der Waals surface area (Å²) in [6.45, 7) is 6.11. The molecule has 3 heterocycles. The summed E-state index contributed by atoms with van der Waals surface area (Å²) in [5.41, 5.74) is 3.16. The molecule has 0 unspecified atom stereocenters. The van der Waals surface area contributed by atoms with Crippen molar-refractivity contribution in [1.82, 2.24) is 25.3 Å². The SMILES string of the molecule is O=C(NCc1cccc(CN2CCCC2)c1)C1CCN(Cc2nc(-c3ccc(Cl)cc3Cl)no2)CC1. The number of carbonyl (C=O) groups excluding carboxylic acids is 1. The molecule has 9 heteroatoms. The predicted molar refractivity (Wildman–Crippen MR) is 141 cm³/mol. The first-order valence-electron chi connectivity index (χ1n) is 12.6. The number of nitrogens with zero attached hydrogens (tertiary/aromatic N) is 4. The highest BCUT2D eigenvalue weighted by molar-refractivity contribution is 6.36. The first kappa shape index (κ1) is 25.2. The van der Waals surface area contributed by atoms with Crippen molar-refractivity contribution in [3.8, 4) is 11.4 Å². The molecule has 36 heavy (non-hydrogen) atoms. The molecule has 0 radical (unpaired) electrons. The van der Waals surface area contributed by atoms with E-state index in [-0.39, 0.29) is 11.8 Å². The van der Waals surface area contributed by atoms with E-state index in [0.717, 1.165) is 38.0 Å². The number of halogens is 2. The van der Waals surface area contributed by atoms with Gasteiger partial charge in [0, 0.05) is 29.6 Å². The topological polar surface area (TPSA) is 74.5 Å². The summed E-state index contributed by atoms with van der Waals surface area (Å²) in [5.74, 6) is 1.15. The van der Waals surface area contributed by atoms with Gasteiger partial charge >= 0.3 is 0 Å². The number of hydrogen-bond acceptors (Lipinski definition) is 6. The van der Waals surface area contributed by atoms with Crippen molar-refractivity contribution in [3.05, 3.63) is 69.5 Å². The second kappa shape index (κ2) is 11.7. The fourth-order valence-corrected chi connectivity index (χ4v) is 5.51. The summed E-state index contributed by atoms with van der Waals surface area (Å²) >= 11 is 12.2. The fraction of sp³-hybridized carbons (Fsp3) is 0.444. The van der Waals surface area contributed by atoms with Gasteiger partial charge in [0.15, 0.2) is 0 Å². The van der Waals surface area contributed by atoms with Crippen molar-refractivity contribution < 1.29 is 9.32 Å². The minimum Gasteiger partial charge on any atom is -0.352 e. The second-order valence-corrected chi connectivity index (χ2v) is 10.6. The lowest BCUT2D eigenvalue weighted by molar-refractivity contribution is -0.126. The van der Waals surface area contributed by atoms with Crippen molar-refractivity contribution >= 4 is 29.1 Å². The van der Waals surface area contributed by atoms with Crippen LogP contribution in [0.5, 0.6) is 0 Å². The van der Waals surface area contributed by atoms with Crippen LogP contribution < -0.4 is 5.32 Å². The summed E-state index contributed by atoms with van der Waals surface area (Å²) in [5, 5.41) is 8.26. The first-order chi connectivity index (χ1) is 17.5. The third-order valence-electron chi connectivity index (χ3n) is 7.02. The third kappa shape index (κ3) is 6.45. The quantitative estimate of drug-likeness (QED) is 0.435. The van der Waals surface area contributed by atoms with Crippen LogP contribution in [0.3, 0.4) is 0 Å². The van der Waals surface area contributed by atoms with Gasteiger partial charge in [0.2, 0.25) is 17.6 Å². The zero-order valence-electron chi connectivity index (χ0n) is 20.3. The fourth-order valence-electron chi connectivity index (χ4n) is 5.01. The van der Waals surface area contributed by atoms with Gasteiger partial charge in [0.05, 0.1) is 11.6 Å². The average Bonchev–Trinajstić information content (AvgIpc) is 3.56. The van der Waals surface area contributed by atoms with Crippen LogP contribution in [0, 0.1) is 5.92 Å². The van der Waals surface area contributed by atoms with E-state index in [0.29, 0.717) is 40.4 Å². The molecule has 1 amide bonds. The van der Waals surface area contributed by atoms with E-state index >= 15 is 0 Å². The van der Waals surface area contributed by atoms with Gasteiger partial charge in [0.25, 0.3) is 0 Å². The Morgan fingerprint density at radius 3 is 2.50 bits per heavy atom. The number of nitrogens with one attached hydrogen (secondary N) is 1. The minimum atomic E-state index is 0.0279. The van der Waals surface area contributed by atoms with Crippen molar-refractivity contribution in [3.63, 3.8) is 0 Å². The summed E-state index contributed by atoms with van der Waals surface area (Å²) < 4.78 is 5.44. The number of hydrogen-bond donors (Lipinski definition) is 1. The summed E-state index contributed by atoms with van der Waals surface area (Å²) in [7, 11) is 0. The van der Waals surface area contributed by atoms with Crippen molar-refractivity contribution in [2.24, 2.45) is 5.92 Å². The number of benzene rings is 2. The number of carbonyl (C=O) groups is 1. The third-order valence-corrected chi connectivity index (χ3v) is 7.57. The van der Waals surface area contributed by atoms with Gasteiger partial charge in [-0.1, -0.05) is 52.6 Å². The van der Waals surface area contributed by atoms with Gasteiger partial charge in [-0.05, 0) is 81.2 Å². The molecular weight excluding hydrogens is 497 g/mol. The van der Waals surface area contributed by atoms with E-state index < -0.39 is 0 Å². The molecule has 1 N–H and O–H groups in total. The Kier molecular flexibility index (Phi) is 8.22. The Bertz CT molecular complexity index is 1190. The number of amides is 1. The van der Waals surface area contributed by atoms with Crippen LogP contribution in [0.2, 0.25) is 10.0 Å². The molecule has 2 aromatic carbocycles. The molecule has 0 spiro atoms. The zero-order chi connectivity index (χ0) is 24.9. The van der Waals surface area contributed by atoms with Crippen LogP contribution in [-0.2, 0) is 24.4 Å². The molecule has 7 nitrogen and oxygen atoms in total. The second-order valence-electron chi connectivity index (χ2n) is 9.71. The van der Waals surface area contributed by atoms with Gasteiger partial charge in [-0.15, -0.1) is 0 Å². The number of likely N-dealkylation sites (tertiary alicyclic amines) is 2. The molecule has 2 aliphatic rings. The van der Waals surface area contributed by atoms with Gasteiger partial charge in [0.1, 0.15) is 0 Å². The number of aromatic nitrogens is 2.